The van der Waals surface area contributed by atoms with Gasteiger partial charge in [0.05, 0.1) is 22.9 Å². The lowest BCUT2D eigenvalue weighted by Crippen LogP contribution is -2.31. The molecular formula is C22H23N3O3S. The molecule has 29 heavy (non-hydrogen) atoms. The average Bonchev–Trinajstić information content (AvgIpc) is 3.21. The molecular weight excluding hydrogens is 386 g/mol. The number of amides is 1. The first-order valence-electron chi connectivity index (χ1n) is 9.49. The zero-order valence-corrected chi connectivity index (χ0v) is 17.5. The Morgan fingerprint density at radius 2 is 1.90 bits per heavy atom. The van der Waals surface area contributed by atoms with Crippen molar-refractivity contribution in [1.29, 1.82) is 0 Å². The van der Waals surface area contributed by atoms with E-state index in [-0.39, 0.29) is 5.91 Å². The van der Waals surface area contributed by atoms with Crippen molar-refractivity contribution >= 4 is 22.5 Å². The number of carbonyl (C=O) groups excluding carboxylic acids is 1. The van der Waals surface area contributed by atoms with E-state index in [0.717, 1.165) is 28.1 Å². The van der Waals surface area contributed by atoms with Crippen molar-refractivity contribution in [2.75, 3.05) is 5.32 Å². The number of ether oxygens (including phenoxy) is 1. The van der Waals surface area contributed by atoms with E-state index in [9.17, 15) is 9.00 Å². The van der Waals surface area contributed by atoms with E-state index in [1.165, 1.54) is 0 Å². The number of para-hydroxylation sites is 1. The summed E-state index contributed by atoms with van der Waals surface area (Å²) in [6, 6.07) is 15.2. The van der Waals surface area contributed by atoms with Crippen molar-refractivity contribution < 1.29 is 13.7 Å². The number of anilines is 1. The molecule has 0 unspecified atom stereocenters. The third-order valence-electron chi connectivity index (χ3n) is 5.14. The Morgan fingerprint density at radius 1 is 1.14 bits per heavy atom. The molecule has 3 aromatic rings. The van der Waals surface area contributed by atoms with Crippen LogP contribution in [0.15, 0.2) is 48.5 Å². The van der Waals surface area contributed by atoms with Gasteiger partial charge in [-0.1, -0.05) is 30.3 Å². The Labute approximate surface area is 172 Å². The summed E-state index contributed by atoms with van der Waals surface area (Å²) in [7, 11) is -0.988. The number of rotatable bonds is 5. The molecule has 7 heteroatoms. The lowest BCUT2D eigenvalue weighted by molar-refractivity contribution is -0.122. The molecule has 0 bridgehead atoms. The summed E-state index contributed by atoms with van der Waals surface area (Å²) >= 11 is 0. The third kappa shape index (κ3) is 3.82. The first-order valence-corrected chi connectivity index (χ1v) is 11.0. The van der Waals surface area contributed by atoms with Gasteiger partial charge in [0, 0.05) is 16.4 Å². The predicted octanol–water partition coefficient (Wildman–Crippen LogP) is 3.66. The second-order valence-corrected chi connectivity index (χ2v) is 8.65. The first kappa shape index (κ1) is 19.4. The van der Waals surface area contributed by atoms with E-state index in [1.54, 1.807) is 11.6 Å². The minimum atomic E-state index is -0.988. The van der Waals surface area contributed by atoms with Crippen molar-refractivity contribution in [1.82, 2.24) is 9.78 Å². The van der Waals surface area contributed by atoms with Crippen LogP contribution in [0.4, 0.5) is 5.82 Å². The normalized spacial score (nSPS) is 16.3. The van der Waals surface area contributed by atoms with Gasteiger partial charge in [-0.2, -0.15) is 5.10 Å². The molecule has 2 aromatic carbocycles. The predicted molar refractivity (Wildman–Crippen MR) is 114 cm³/mol. The molecule has 1 aromatic heterocycles. The maximum Gasteiger partial charge on any atom is 0.266 e. The molecule has 1 amide bonds. The van der Waals surface area contributed by atoms with E-state index in [4.69, 9.17) is 4.74 Å². The van der Waals surface area contributed by atoms with Crippen molar-refractivity contribution in [2.24, 2.45) is 0 Å². The standard InChI is InChI=1S/C22H23N3O3S/c1-14-8-7-11-20(15(14)2)25-21(18-12-29(27)13-19(18)24-25)23-22(26)16(3)28-17-9-5-4-6-10-17/h4-11,16H,12-13H2,1-3H3,(H,23,26)/t16-,29-/m0/s1. The molecule has 6 nitrogen and oxygen atoms in total. The van der Waals surface area contributed by atoms with Crippen molar-refractivity contribution in [3.8, 4) is 11.4 Å². The van der Waals surface area contributed by atoms with Crippen LogP contribution in [-0.4, -0.2) is 26.0 Å². The largest absolute Gasteiger partial charge is 0.481 e. The lowest BCUT2D eigenvalue weighted by atomic mass is 10.1. The number of hydrogen-bond donors (Lipinski definition) is 1. The van der Waals surface area contributed by atoms with Crippen LogP contribution >= 0.6 is 0 Å². The summed E-state index contributed by atoms with van der Waals surface area (Å²) in [6.07, 6.45) is -0.693. The van der Waals surface area contributed by atoms with Gasteiger partial charge < -0.3 is 10.1 Å². The topological polar surface area (TPSA) is 73.2 Å². The van der Waals surface area contributed by atoms with Gasteiger partial charge >= 0.3 is 0 Å². The van der Waals surface area contributed by atoms with E-state index < -0.39 is 16.9 Å². The van der Waals surface area contributed by atoms with Gasteiger partial charge in [0.2, 0.25) is 0 Å². The summed E-state index contributed by atoms with van der Waals surface area (Å²) in [5, 5.41) is 7.66. The van der Waals surface area contributed by atoms with Crippen molar-refractivity contribution in [3.05, 3.63) is 70.9 Å². The van der Waals surface area contributed by atoms with Gasteiger partial charge in [-0.15, -0.1) is 0 Å². The highest BCUT2D eigenvalue weighted by molar-refractivity contribution is 7.83. The van der Waals surface area contributed by atoms with Crippen LogP contribution in [0, 0.1) is 13.8 Å². The van der Waals surface area contributed by atoms with E-state index >= 15 is 0 Å². The number of nitrogens with one attached hydrogen (secondary N) is 1. The van der Waals surface area contributed by atoms with Gasteiger partial charge in [-0.3, -0.25) is 9.00 Å². The summed E-state index contributed by atoms with van der Waals surface area (Å²) in [5.74, 6) is 1.73. The quantitative estimate of drug-likeness (QED) is 0.698. The van der Waals surface area contributed by atoms with Crippen molar-refractivity contribution in [2.45, 2.75) is 38.4 Å². The number of fused-ring (bicyclic) bond motifs is 1. The fourth-order valence-corrected chi connectivity index (χ4v) is 4.63. The number of hydrogen-bond acceptors (Lipinski definition) is 4. The molecule has 1 aliphatic heterocycles. The maximum atomic E-state index is 12.9. The lowest BCUT2D eigenvalue weighted by Gasteiger charge is -2.17. The zero-order chi connectivity index (χ0) is 20.5. The molecule has 0 fully saturated rings. The monoisotopic (exact) mass is 409 g/mol. The van der Waals surface area contributed by atoms with Crippen LogP contribution in [0.5, 0.6) is 5.75 Å². The number of benzene rings is 2. The molecule has 1 aliphatic rings. The van der Waals surface area contributed by atoms with E-state index in [0.29, 0.717) is 23.1 Å². The number of carbonyl (C=O) groups is 1. The Kier molecular flexibility index (Phi) is 5.24. The molecule has 2 heterocycles. The van der Waals surface area contributed by atoms with Gasteiger partial charge in [0.1, 0.15) is 11.6 Å². The van der Waals surface area contributed by atoms with Gasteiger partial charge in [0.25, 0.3) is 5.91 Å². The summed E-state index contributed by atoms with van der Waals surface area (Å²) in [4.78, 5) is 12.9. The van der Waals surface area contributed by atoms with Gasteiger partial charge in [0.15, 0.2) is 6.10 Å². The smallest absolute Gasteiger partial charge is 0.266 e. The van der Waals surface area contributed by atoms with Gasteiger partial charge in [-0.05, 0) is 50.1 Å². The molecule has 0 saturated heterocycles. The highest BCUT2D eigenvalue weighted by Crippen LogP contribution is 2.32. The molecule has 1 N–H and O–H groups in total. The van der Waals surface area contributed by atoms with Crippen LogP contribution in [0.1, 0.15) is 29.3 Å². The summed E-state index contributed by atoms with van der Waals surface area (Å²) in [6.45, 7) is 5.78. The van der Waals surface area contributed by atoms with Gasteiger partial charge in [-0.25, -0.2) is 4.68 Å². The Morgan fingerprint density at radius 3 is 2.66 bits per heavy atom. The fourth-order valence-electron chi connectivity index (χ4n) is 3.37. The first-order chi connectivity index (χ1) is 13.9. The molecule has 0 radical (unpaired) electrons. The van der Waals surface area contributed by atoms with Crippen LogP contribution in [0.2, 0.25) is 0 Å². The average molecular weight is 410 g/mol. The van der Waals surface area contributed by atoms with Crippen molar-refractivity contribution in [3.63, 3.8) is 0 Å². The van der Waals surface area contributed by atoms with E-state index in [1.807, 2.05) is 62.4 Å². The number of aromatic nitrogens is 2. The third-order valence-corrected chi connectivity index (χ3v) is 6.35. The Hall–Kier alpha value is -2.93. The summed E-state index contributed by atoms with van der Waals surface area (Å²) in [5.41, 5.74) is 4.73. The molecule has 2 atom stereocenters. The van der Waals surface area contributed by atoms with E-state index in [2.05, 4.69) is 10.4 Å². The molecule has 150 valence electrons. The molecule has 0 spiro atoms. The molecule has 0 aliphatic carbocycles. The highest BCUT2D eigenvalue weighted by atomic mass is 32.2. The van der Waals surface area contributed by atoms with Crippen LogP contribution in [0.3, 0.4) is 0 Å². The highest BCUT2D eigenvalue weighted by Gasteiger charge is 2.30. The molecule has 4 rings (SSSR count). The second kappa shape index (κ2) is 7.83. The minimum Gasteiger partial charge on any atom is -0.481 e. The minimum absolute atomic E-state index is 0.277. The molecule has 0 saturated carbocycles. The Bertz CT molecular complexity index is 1090. The summed E-state index contributed by atoms with van der Waals surface area (Å²) < 4.78 is 19.6. The fraction of sp³-hybridized carbons (Fsp3) is 0.273. The number of nitrogens with zero attached hydrogens (tertiary/aromatic N) is 2. The SMILES string of the molecule is Cc1cccc(-n2nc3c(c2NC(=O)[C@H](C)Oc2ccccc2)C[S@](=O)C3)c1C. The second-order valence-electron chi connectivity index (χ2n) is 7.20. The van der Waals surface area contributed by atoms with Crippen LogP contribution in [-0.2, 0) is 27.1 Å². The maximum absolute atomic E-state index is 12.9. The van der Waals surface area contributed by atoms with Crippen LogP contribution < -0.4 is 10.1 Å². The van der Waals surface area contributed by atoms with Crippen LogP contribution in [0.25, 0.3) is 5.69 Å². The Balaban J connectivity index is 1.66. The number of aryl methyl sites for hydroxylation is 1. The zero-order valence-electron chi connectivity index (χ0n) is 16.6.